The van der Waals surface area contributed by atoms with Gasteiger partial charge in [0, 0.05) is 30.2 Å². The summed E-state index contributed by atoms with van der Waals surface area (Å²) in [5.41, 5.74) is 0.485. The normalized spacial score (nSPS) is 27.2. The Labute approximate surface area is 108 Å². The molecule has 17 heavy (non-hydrogen) atoms. The molecule has 1 aliphatic rings. The first-order valence-corrected chi connectivity index (χ1v) is 6.79. The van der Waals surface area contributed by atoms with Gasteiger partial charge in [-0.05, 0) is 61.7 Å². The summed E-state index contributed by atoms with van der Waals surface area (Å²) in [5.74, 6) is 0. The van der Waals surface area contributed by atoms with Gasteiger partial charge in [0.15, 0.2) is 0 Å². The molecule has 0 aromatic rings. The molecule has 0 aliphatic carbocycles. The topological polar surface area (TPSA) is 18.5 Å². The van der Waals surface area contributed by atoms with Gasteiger partial charge in [0.05, 0.1) is 0 Å². The third kappa shape index (κ3) is 3.94. The third-order valence-electron chi connectivity index (χ3n) is 3.61. The molecule has 1 saturated heterocycles. The summed E-state index contributed by atoms with van der Waals surface area (Å²) in [6.07, 6.45) is 1.22. The fourth-order valence-corrected chi connectivity index (χ4v) is 3.39. The minimum atomic E-state index is 0.218. The lowest BCUT2D eigenvalue weighted by Crippen LogP contribution is -2.61. The van der Waals surface area contributed by atoms with Crippen molar-refractivity contribution in [1.82, 2.24) is 15.1 Å². The largest absolute Gasteiger partial charge is 0.315 e. The molecular weight excluding hydrogens is 210 g/mol. The molecule has 0 spiro atoms. The van der Waals surface area contributed by atoms with Gasteiger partial charge in [-0.25, -0.2) is 0 Å². The second kappa shape index (κ2) is 5.25. The molecule has 0 saturated carbocycles. The standard InChI is InChI=1S/C14H31N3/c1-13(2,3)17-12(11-16(6)7)10-15-9-8-14(17,4)5/h12,15H,8-11H2,1-7H3. The molecule has 1 aliphatic heterocycles. The first kappa shape index (κ1) is 14.9. The first-order chi connectivity index (χ1) is 7.64. The minimum Gasteiger partial charge on any atom is -0.315 e. The molecule has 3 nitrogen and oxygen atoms in total. The van der Waals surface area contributed by atoms with E-state index in [9.17, 15) is 0 Å². The van der Waals surface area contributed by atoms with E-state index in [0.29, 0.717) is 6.04 Å². The van der Waals surface area contributed by atoms with Crippen molar-refractivity contribution < 1.29 is 0 Å². The van der Waals surface area contributed by atoms with Crippen LogP contribution in [0.5, 0.6) is 0 Å². The summed E-state index contributed by atoms with van der Waals surface area (Å²) >= 11 is 0. The molecule has 3 heteroatoms. The average Bonchev–Trinajstić information content (AvgIpc) is 2.20. The third-order valence-corrected chi connectivity index (χ3v) is 3.61. The van der Waals surface area contributed by atoms with Crippen LogP contribution in [0.3, 0.4) is 0 Å². The van der Waals surface area contributed by atoms with E-state index in [0.717, 1.165) is 19.6 Å². The highest BCUT2D eigenvalue weighted by Gasteiger charge is 2.40. The van der Waals surface area contributed by atoms with Gasteiger partial charge in [-0.2, -0.15) is 0 Å². The maximum Gasteiger partial charge on any atom is 0.0358 e. The fraction of sp³-hybridized carbons (Fsp3) is 1.00. The molecule has 1 unspecified atom stereocenters. The molecule has 1 rings (SSSR count). The summed E-state index contributed by atoms with van der Waals surface area (Å²) in [6.45, 7) is 15.1. The lowest BCUT2D eigenvalue weighted by molar-refractivity contribution is -0.0153. The van der Waals surface area contributed by atoms with Crippen LogP contribution in [0.4, 0.5) is 0 Å². The average molecular weight is 241 g/mol. The summed E-state index contributed by atoms with van der Waals surface area (Å²) in [4.78, 5) is 5.01. The van der Waals surface area contributed by atoms with Gasteiger partial charge in [0.1, 0.15) is 0 Å². The summed E-state index contributed by atoms with van der Waals surface area (Å²) in [7, 11) is 4.33. The lowest BCUT2D eigenvalue weighted by atomic mass is 9.89. The van der Waals surface area contributed by atoms with Crippen molar-refractivity contribution in [2.45, 2.75) is 58.2 Å². The Morgan fingerprint density at radius 1 is 1.29 bits per heavy atom. The zero-order valence-corrected chi connectivity index (χ0v) is 12.8. The zero-order chi connectivity index (χ0) is 13.3. The van der Waals surface area contributed by atoms with Crippen LogP contribution in [0.15, 0.2) is 0 Å². The van der Waals surface area contributed by atoms with E-state index in [-0.39, 0.29) is 11.1 Å². The molecular formula is C14H31N3. The van der Waals surface area contributed by atoms with Crippen molar-refractivity contribution >= 4 is 0 Å². The predicted octanol–water partition coefficient (Wildman–Crippen LogP) is 1.79. The van der Waals surface area contributed by atoms with Gasteiger partial charge in [-0.15, -0.1) is 0 Å². The molecule has 0 radical (unpaired) electrons. The van der Waals surface area contributed by atoms with E-state index in [1.54, 1.807) is 0 Å². The van der Waals surface area contributed by atoms with Gasteiger partial charge < -0.3 is 10.2 Å². The monoisotopic (exact) mass is 241 g/mol. The van der Waals surface area contributed by atoms with Crippen LogP contribution in [0, 0.1) is 0 Å². The second-order valence-corrected chi connectivity index (χ2v) is 7.22. The zero-order valence-electron chi connectivity index (χ0n) is 12.8. The van der Waals surface area contributed by atoms with E-state index in [1.165, 1.54) is 6.42 Å². The first-order valence-electron chi connectivity index (χ1n) is 6.79. The van der Waals surface area contributed by atoms with Crippen molar-refractivity contribution in [2.75, 3.05) is 33.7 Å². The molecule has 1 fully saturated rings. The van der Waals surface area contributed by atoms with Crippen LogP contribution in [0.25, 0.3) is 0 Å². The van der Waals surface area contributed by atoms with Gasteiger partial charge in [-0.3, -0.25) is 4.90 Å². The van der Waals surface area contributed by atoms with E-state index in [1.807, 2.05) is 0 Å². The van der Waals surface area contributed by atoms with E-state index in [4.69, 9.17) is 0 Å². The highest BCUT2D eigenvalue weighted by Crippen LogP contribution is 2.31. The molecule has 1 atom stereocenters. The Bertz CT molecular complexity index is 240. The van der Waals surface area contributed by atoms with Crippen molar-refractivity contribution in [3.63, 3.8) is 0 Å². The Balaban J connectivity index is 2.97. The number of likely N-dealkylation sites (N-methyl/N-ethyl adjacent to an activating group) is 1. The molecule has 1 N–H and O–H groups in total. The van der Waals surface area contributed by atoms with Crippen LogP contribution in [-0.4, -0.2) is 60.6 Å². The molecule has 0 aromatic heterocycles. The molecule has 0 aromatic carbocycles. The smallest absolute Gasteiger partial charge is 0.0358 e. The number of hydrogen-bond acceptors (Lipinski definition) is 3. The van der Waals surface area contributed by atoms with Crippen LogP contribution in [-0.2, 0) is 0 Å². The molecule has 1 heterocycles. The number of nitrogens with zero attached hydrogens (tertiary/aromatic N) is 2. The van der Waals surface area contributed by atoms with Crippen molar-refractivity contribution in [2.24, 2.45) is 0 Å². The van der Waals surface area contributed by atoms with Crippen molar-refractivity contribution in [3.8, 4) is 0 Å². The number of nitrogens with one attached hydrogen (secondary N) is 1. The van der Waals surface area contributed by atoms with Gasteiger partial charge in [-0.1, -0.05) is 0 Å². The molecule has 0 amide bonds. The summed E-state index contributed by atoms with van der Waals surface area (Å²) in [5, 5.41) is 3.59. The lowest BCUT2D eigenvalue weighted by Gasteiger charge is -2.50. The Hall–Kier alpha value is -0.120. The van der Waals surface area contributed by atoms with E-state index in [2.05, 4.69) is 63.8 Å². The quantitative estimate of drug-likeness (QED) is 0.795. The van der Waals surface area contributed by atoms with E-state index >= 15 is 0 Å². The van der Waals surface area contributed by atoms with Crippen LogP contribution >= 0.6 is 0 Å². The SMILES string of the molecule is CN(C)CC1CNCCC(C)(C)N1C(C)(C)C. The van der Waals surface area contributed by atoms with E-state index < -0.39 is 0 Å². The second-order valence-electron chi connectivity index (χ2n) is 7.22. The molecule has 102 valence electrons. The Kier molecular flexibility index (Phi) is 4.61. The van der Waals surface area contributed by atoms with Crippen molar-refractivity contribution in [3.05, 3.63) is 0 Å². The Morgan fingerprint density at radius 2 is 1.88 bits per heavy atom. The predicted molar refractivity (Wildman–Crippen MR) is 75.5 cm³/mol. The fourth-order valence-electron chi connectivity index (χ4n) is 3.39. The maximum atomic E-state index is 3.59. The maximum absolute atomic E-state index is 3.59. The summed E-state index contributed by atoms with van der Waals surface area (Å²) < 4.78 is 0. The number of rotatable bonds is 2. The summed E-state index contributed by atoms with van der Waals surface area (Å²) in [6, 6.07) is 0.586. The highest BCUT2D eigenvalue weighted by atomic mass is 15.3. The van der Waals surface area contributed by atoms with Crippen molar-refractivity contribution in [1.29, 1.82) is 0 Å². The van der Waals surface area contributed by atoms with Gasteiger partial charge >= 0.3 is 0 Å². The minimum absolute atomic E-state index is 0.218. The van der Waals surface area contributed by atoms with Crippen LogP contribution in [0.2, 0.25) is 0 Å². The van der Waals surface area contributed by atoms with Crippen LogP contribution in [0.1, 0.15) is 41.0 Å². The Morgan fingerprint density at radius 3 is 2.35 bits per heavy atom. The highest BCUT2D eigenvalue weighted by molar-refractivity contribution is 4.98. The van der Waals surface area contributed by atoms with Gasteiger partial charge in [0.25, 0.3) is 0 Å². The molecule has 0 bridgehead atoms. The number of hydrogen-bond donors (Lipinski definition) is 1. The van der Waals surface area contributed by atoms with Gasteiger partial charge in [0.2, 0.25) is 0 Å². The van der Waals surface area contributed by atoms with Crippen LogP contribution < -0.4 is 5.32 Å².